The van der Waals surface area contributed by atoms with Crippen LogP contribution in [0.15, 0.2) is 60.7 Å². The summed E-state index contributed by atoms with van der Waals surface area (Å²) < 4.78 is 46.7. The fourth-order valence-corrected chi connectivity index (χ4v) is 5.39. The summed E-state index contributed by atoms with van der Waals surface area (Å²) in [5.74, 6) is 0.0568. The van der Waals surface area contributed by atoms with Gasteiger partial charge in [0.15, 0.2) is 0 Å². The molecule has 2 N–H and O–H groups in total. The Morgan fingerprint density at radius 3 is 2.16 bits per heavy atom. The first-order valence-corrected chi connectivity index (χ1v) is 15.4. The first-order chi connectivity index (χ1) is 21.6. The number of benzene rings is 2. The minimum absolute atomic E-state index is 0.00771. The standard InChI is InChI=1S/C35H44F2O8/c1-23-17-28(11-12-32(23)27-9-7-26(8-10-27)5-4-6-33(36)37)29-18-30(42-13-15-44-34(40)24(2)21-38)20-31(19-29)43-14-16-45-35(41)25(3)22-39/h6,11-12,17-20,25-27,38-39H,2,4-5,7-10,13-16,21-22H2,1,3H3. The van der Waals surface area contributed by atoms with Crippen molar-refractivity contribution in [2.45, 2.75) is 58.3 Å². The van der Waals surface area contributed by atoms with Gasteiger partial charge in [-0.15, -0.1) is 0 Å². The van der Waals surface area contributed by atoms with Crippen LogP contribution < -0.4 is 9.47 Å². The van der Waals surface area contributed by atoms with Gasteiger partial charge in [0.1, 0.15) is 37.9 Å². The summed E-state index contributed by atoms with van der Waals surface area (Å²) >= 11 is 0. The molecule has 1 aliphatic carbocycles. The summed E-state index contributed by atoms with van der Waals surface area (Å²) in [6.45, 7) is 6.43. The van der Waals surface area contributed by atoms with Gasteiger partial charge in [0.2, 0.25) is 0 Å². The fraction of sp³-hybridized carbons (Fsp3) is 0.486. The van der Waals surface area contributed by atoms with Crippen molar-refractivity contribution in [3.63, 3.8) is 0 Å². The molecule has 45 heavy (non-hydrogen) atoms. The number of carbonyl (C=O) groups is 2. The van der Waals surface area contributed by atoms with E-state index in [1.54, 1.807) is 13.0 Å². The van der Waals surface area contributed by atoms with Gasteiger partial charge >= 0.3 is 11.9 Å². The van der Waals surface area contributed by atoms with Crippen LogP contribution in [0.3, 0.4) is 0 Å². The number of hydrogen-bond donors (Lipinski definition) is 2. The van der Waals surface area contributed by atoms with E-state index in [-0.39, 0.29) is 38.6 Å². The van der Waals surface area contributed by atoms with E-state index in [4.69, 9.17) is 29.2 Å². The lowest BCUT2D eigenvalue weighted by Crippen LogP contribution is -2.20. The van der Waals surface area contributed by atoms with Crippen molar-refractivity contribution in [3.05, 3.63) is 71.8 Å². The van der Waals surface area contributed by atoms with Gasteiger partial charge in [-0.1, -0.05) is 24.8 Å². The Labute approximate surface area is 263 Å². The Hall–Kier alpha value is -3.76. The van der Waals surface area contributed by atoms with Crippen LogP contribution in [0, 0.1) is 18.8 Å². The summed E-state index contributed by atoms with van der Waals surface area (Å²) in [5, 5.41) is 18.1. The highest BCUT2D eigenvalue weighted by atomic mass is 19.3. The highest BCUT2D eigenvalue weighted by molar-refractivity contribution is 5.87. The lowest BCUT2D eigenvalue weighted by atomic mass is 9.76. The van der Waals surface area contributed by atoms with Crippen LogP contribution in [0.25, 0.3) is 11.1 Å². The molecule has 0 aromatic heterocycles. The molecule has 2 aromatic rings. The van der Waals surface area contributed by atoms with E-state index in [1.807, 2.05) is 12.1 Å². The minimum atomic E-state index is -1.60. The van der Waals surface area contributed by atoms with Gasteiger partial charge in [-0.2, -0.15) is 8.78 Å². The number of aliphatic hydroxyl groups is 2. The normalized spacial score (nSPS) is 16.8. The minimum Gasteiger partial charge on any atom is -0.490 e. The maximum atomic E-state index is 12.4. The molecule has 0 radical (unpaired) electrons. The van der Waals surface area contributed by atoms with Crippen molar-refractivity contribution in [1.82, 2.24) is 0 Å². The van der Waals surface area contributed by atoms with Crippen LogP contribution in [0.5, 0.6) is 11.5 Å². The second-order valence-electron chi connectivity index (χ2n) is 11.4. The first kappa shape index (κ1) is 35.7. The highest BCUT2D eigenvalue weighted by Gasteiger charge is 2.23. The van der Waals surface area contributed by atoms with Gasteiger partial charge in [0.25, 0.3) is 6.08 Å². The van der Waals surface area contributed by atoms with E-state index in [0.717, 1.165) is 54.9 Å². The van der Waals surface area contributed by atoms with Crippen LogP contribution in [0.2, 0.25) is 0 Å². The zero-order chi connectivity index (χ0) is 32.8. The maximum absolute atomic E-state index is 12.4. The molecule has 0 saturated heterocycles. The lowest BCUT2D eigenvalue weighted by molar-refractivity contribution is -0.149. The van der Waals surface area contributed by atoms with E-state index >= 15 is 0 Å². The summed E-state index contributed by atoms with van der Waals surface area (Å²) in [4.78, 5) is 23.6. The third-order valence-corrected chi connectivity index (χ3v) is 7.98. The molecule has 0 heterocycles. The van der Waals surface area contributed by atoms with Gasteiger partial charge < -0.3 is 29.2 Å². The summed E-state index contributed by atoms with van der Waals surface area (Å²) in [6, 6.07) is 11.8. The molecule has 1 atom stereocenters. The number of hydrogen-bond acceptors (Lipinski definition) is 8. The van der Waals surface area contributed by atoms with Crippen molar-refractivity contribution in [2.75, 3.05) is 39.6 Å². The molecule has 1 aliphatic rings. The topological polar surface area (TPSA) is 112 Å². The first-order valence-electron chi connectivity index (χ1n) is 15.4. The highest BCUT2D eigenvalue weighted by Crippen LogP contribution is 2.40. The number of carbonyl (C=O) groups excluding carboxylic acids is 2. The van der Waals surface area contributed by atoms with Gasteiger partial charge in [-0.25, -0.2) is 4.79 Å². The predicted molar refractivity (Wildman–Crippen MR) is 166 cm³/mol. The number of halogens is 2. The number of aryl methyl sites for hydroxylation is 1. The average molecular weight is 631 g/mol. The number of esters is 2. The van der Waals surface area contributed by atoms with Crippen LogP contribution in [0.1, 0.15) is 62.5 Å². The Morgan fingerprint density at radius 1 is 0.933 bits per heavy atom. The molecule has 8 nitrogen and oxygen atoms in total. The SMILES string of the molecule is C=C(CO)C(=O)OCCOc1cc(OCCOC(=O)C(C)CO)cc(-c2ccc(C3CCC(CCC=C(F)F)CC3)c(C)c2)c1. The number of ether oxygens (including phenoxy) is 4. The van der Waals surface area contributed by atoms with Crippen molar-refractivity contribution < 1.29 is 47.5 Å². The third-order valence-electron chi connectivity index (χ3n) is 7.98. The third kappa shape index (κ3) is 11.6. The maximum Gasteiger partial charge on any atom is 0.335 e. The van der Waals surface area contributed by atoms with Crippen molar-refractivity contribution in [1.29, 1.82) is 0 Å². The van der Waals surface area contributed by atoms with Crippen LogP contribution in [0.4, 0.5) is 8.78 Å². The predicted octanol–water partition coefficient (Wildman–Crippen LogP) is 6.52. The lowest BCUT2D eigenvalue weighted by Gasteiger charge is -2.29. The molecule has 10 heteroatoms. The van der Waals surface area contributed by atoms with E-state index in [9.17, 15) is 18.4 Å². The average Bonchev–Trinajstić information content (AvgIpc) is 3.04. The molecule has 1 fully saturated rings. The molecule has 1 saturated carbocycles. The van der Waals surface area contributed by atoms with Gasteiger partial charge in [0, 0.05) is 6.07 Å². The van der Waals surface area contributed by atoms with E-state index in [2.05, 4.69) is 31.7 Å². The Kier molecular flexibility index (Phi) is 14.5. The number of aliphatic hydroxyl groups excluding tert-OH is 2. The number of allylic oxidation sites excluding steroid dienone is 1. The molecular formula is C35H44F2O8. The van der Waals surface area contributed by atoms with Gasteiger partial charge in [0.05, 0.1) is 24.7 Å². The van der Waals surface area contributed by atoms with Crippen LogP contribution in [-0.4, -0.2) is 61.8 Å². The van der Waals surface area contributed by atoms with Gasteiger partial charge in [-0.3, -0.25) is 4.79 Å². The molecule has 0 aliphatic heterocycles. The molecule has 1 unspecified atom stereocenters. The van der Waals surface area contributed by atoms with Crippen molar-refractivity contribution >= 4 is 11.9 Å². The Bertz CT molecular complexity index is 1310. The summed E-state index contributed by atoms with van der Waals surface area (Å²) in [7, 11) is 0. The second kappa shape index (κ2) is 18.3. The van der Waals surface area contributed by atoms with Crippen molar-refractivity contribution in [3.8, 4) is 22.6 Å². The molecule has 246 valence electrons. The van der Waals surface area contributed by atoms with Crippen LogP contribution in [-0.2, 0) is 19.1 Å². The summed E-state index contributed by atoms with van der Waals surface area (Å²) in [6.07, 6.45) is 4.78. The molecule has 0 spiro atoms. The molecular weight excluding hydrogens is 586 g/mol. The quantitative estimate of drug-likeness (QED) is 0.116. The van der Waals surface area contributed by atoms with E-state index in [0.29, 0.717) is 29.8 Å². The second-order valence-corrected chi connectivity index (χ2v) is 11.4. The largest absolute Gasteiger partial charge is 0.490 e. The van der Waals surface area contributed by atoms with Crippen molar-refractivity contribution in [2.24, 2.45) is 11.8 Å². The Morgan fingerprint density at radius 2 is 1.58 bits per heavy atom. The molecule has 3 rings (SSSR count). The van der Waals surface area contributed by atoms with E-state index in [1.165, 1.54) is 5.56 Å². The monoisotopic (exact) mass is 630 g/mol. The molecule has 0 amide bonds. The summed E-state index contributed by atoms with van der Waals surface area (Å²) in [5.41, 5.74) is 4.20. The van der Waals surface area contributed by atoms with E-state index < -0.39 is 30.5 Å². The zero-order valence-corrected chi connectivity index (χ0v) is 26.1. The zero-order valence-electron chi connectivity index (χ0n) is 26.1. The van der Waals surface area contributed by atoms with Crippen LogP contribution >= 0.6 is 0 Å². The Balaban J connectivity index is 1.69. The molecule has 2 aromatic carbocycles. The van der Waals surface area contributed by atoms with Gasteiger partial charge in [-0.05, 0) is 105 Å². The fourth-order valence-electron chi connectivity index (χ4n) is 5.39. The molecule has 0 bridgehead atoms. The number of rotatable bonds is 17. The smallest absolute Gasteiger partial charge is 0.335 e.